The Kier molecular flexibility index (Phi) is 6.88. The van der Waals surface area contributed by atoms with E-state index in [1.165, 1.54) is 12.1 Å². The molecule has 190 valence electrons. The zero-order valence-corrected chi connectivity index (χ0v) is 21.0. The number of alkyl halides is 3. The Morgan fingerprint density at radius 2 is 1.51 bits per heavy atom. The molecule has 10 heteroatoms. The number of aromatic amines is 1. The standard InChI is InChI=1S/C27H21Cl2F3N4O/c28-19-7-11-21(12-8-19)36-17-24(33-25(36)22-3-1-2-4-23(22)29)26(37)35-15-13-34(14-16-35)20-9-5-18(6-10-20)27(30,31)32/h1-12,17H,13-16H2/p+1. The van der Waals surface area contributed by atoms with Crippen LogP contribution >= 0.6 is 23.2 Å². The first kappa shape index (κ1) is 25.2. The highest BCUT2D eigenvalue weighted by Gasteiger charge is 2.32. The fraction of sp³-hybridized carbons (Fsp3) is 0.185. The van der Waals surface area contributed by atoms with E-state index in [1.807, 2.05) is 39.8 Å². The molecule has 0 radical (unpaired) electrons. The van der Waals surface area contributed by atoms with Crippen molar-refractivity contribution >= 4 is 34.8 Å². The number of amides is 1. The Morgan fingerprint density at radius 1 is 0.865 bits per heavy atom. The first-order valence-corrected chi connectivity index (χ1v) is 12.3. The number of H-pyrrole nitrogens is 1. The second-order valence-corrected chi connectivity index (χ2v) is 9.51. The van der Waals surface area contributed by atoms with Gasteiger partial charge < -0.3 is 9.80 Å². The van der Waals surface area contributed by atoms with Gasteiger partial charge in [0.25, 0.3) is 11.7 Å². The van der Waals surface area contributed by atoms with Crippen molar-refractivity contribution in [2.45, 2.75) is 6.18 Å². The zero-order valence-electron chi connectivity index (χ0n) is 19.5. The number of hydrogen-bond donors (Lipinski definition) is 1. The predicted molar refractivity (Wildman–Crippen MR) is 137 cm³/mol. The zero-order chi connectivity index (χ0) is 26.2. The fourth-order valence-electron chi connectivity index (χ4n) is 4.38. The number of halogens is 5. The molecule has 1 aliphatic rings. The molecule has 0 aliphatic carbocycles. The largest absolute Gasteiger partial charge is 0.416 e. The summed E-state index contributed by atoms with van der Waals surface area (Å²) < 4.78 is 40.5. The van der Waals surface area contributed by atoms with Gasteiger partial charge in [-0.1, -0.05) is 35.3 Å². The summed E-state index contributed by atoms with van der Waals surface area (Å²) in [4.78, 5) is 20.4. The van der Waals surface area contributed by atoms with Crippen molar-refractivity contribution in [1.82, 2.24) is 9.88 Å². The number of benzene rings is 3. The van der Waals surface area contributed by atoms with Crippen LogP contribution in [0.3, 0.4) is 0 Å². The maximum atomic E-state index is 13.4. The van der Waals surface area contributed by atoms with Gasteiger partial charge in [-0.25, -0.2) is 4.98 Å². The molecule has 1 amide bonds. The van der Waals surface area contributed by atoms with Gasteiger partial charge in [-0.05, 0) is 60.7 Å². The molecular formula is C27H22Cl2F3N4O+. The third-order valence-electron chi connectivity index (χ3n) is 6.34. The van der Waals surface area contributed by atoms with Crippen LogP contribution in [0.15, 0.2) is 79.0 Å². The van der Waals surface area contributed by atoms with Crippen molar-refractivity contribution < 1.29 is 22.5 Å². The smallest absolute Gasteiger partial charge is 0.368 e. The normalized spacial score (nSPS) is 14.2. The Hall–Kier alpha value is -3.49. The van der Waals surface area contributed by atoms with Crippen LogP contribution in [0.1, 0.15) is 16.1 Å². The first-order valence-electron chi connectivity index (χ1n) is 11.6. The van der Waals surface area contributed by atoms with Crippen LogP contribution in [-0.4, -0.2) is 42.0 Å². The highest BCUT2D eigenvalue weighted by Crippen LogP contribution is 2.31. The summed E-state index contributed by atoms with van der Waals surface area (Å²) in [6.45, 7) is 1.88. The second-order valence-electron chi connectivity index (χ2n) is 8.67. The Morgan fingerprint density at radius 3 is 2.14 bits per heavy atom. The summed E-state index contributed by atoms with van der Waals surface area (Å²) in [6, 6.07) is 19.7. The molecule has 0 atom stereocenters. The summed E-state index contributed by atoms with van der Waals surface area (Å²) in [6.07, 6.45) is -2.63. The molecule has 5 rings (SSSR count). The average molecular weight is 546 g/mol. The molecule has 3 aromatic carbocycles. The van der Waals surface area contributed by atoms with Crippen LogP contribution < -0.4 is 9.47 Å². The van der Waals surface area contributed by atoms with Crippen LogP contribution in [0, 0.1) is 0 Å². The fourth-order valence-corrected chi connectivity index (χ4v) is 4.73. The number of nitrogens with one attached hydrogen (secondary N) is 1. The Labute approximate surface area is 221 Å². The minimum Gasteiger partial charge on any atom is -0.368 e. The highest BCUT2D eigenvalue weighted by atomic mass is 35.5. The number of anilines is 1. The van der Waals surface area contributed by atoms with Crippen LogP contribution in [0.25, 0.3) is 17.1 Å². The van der Waals surface area contributed by atoms with E-state index in [9.17, 15) is 18.0 Å². The molecule has 2 heterocycles. The Bertz CT molecular complexity index is 1410. The SMILES string of the molecule is O=C(c1c[n+](-c2ccc(Cl)cc2)c(-c2ccccc2Cl)[nH]1)N1CCN(c2ccc(C(F)(F)F)cc2)CC1. The topological polar surface area (TPSA) is 43.2 Å². The lowest BCUT2D eigenvalue weighted by atomic mass is 10.1. The van der Waals surface area contributed by atoms with Crippen molar-refractivity contribution in [2.75, 3.05) is 31.1 Å². The number of carbonyl (C=O) groups is 1. The lowest BCUT2D eigenvalue weighted by Gasteiger charge is -2.35. The van der Waals surface area contributed by atoms with Gasteiger partial charge in [-0.15, -0.1) is 0 Å². The monoisotopic (exact) mass is 545 g/mol. The lowest BCUT2D eigenvalue weighted by Crippen LogP contribution is -2.49. The third kappa shape index (κ3) is 5.31. The van der Waals surface area contributed by atoms with Crippen LogP contribution in [0.4, 0.5) is 18.9 Å². The molecule has 4 aromatic rings. The number of carbonyl (C=O) groups excluding carboxylic acids is 1. The van der Waals surface area contributed by atoms with Crippen molar-refractivity contribution in [3.05, 3.63) is 100 Å². The minimum absolute atomic E-state index is 0.173. The quantitative estimate of drug-likeness (QED) is 0.308. The number of nitrogens with zero attached hydrogens (tertiary/aromatic N) is 3. The third-order valence-corrected chi connectivity index (χ3v) is 6.92. The molecule has 1 fully saturated rings. The van der Waals surface area contributed by atoms with Gasteiger partial charge in [-0.3, -0.25) is 4.79 Å². The summed E-state index contributed by atoms with van der Waals surface area (Å²) in [5.41, 5.74) is 1.96. The van der Waals surface area contributed by atoms with Crippen LogP contribution in [0.2, 0.25) is 10.0 Å². The maximum Gasteiger partial charge on any atom is 0.416 e. The number of aromatic nitrogens is 2. The first-order chi connectivity index (χ1) is 17.7. The molecule has 1 N–H and O–H groups in total. The van der Waals surface area contributed by atoms with Gasteiger partial charge in [0.15, 0.2) is 0 Å². The van der Waals surface area contributed by atoms with Gasteiger partial charge in [-0.2, -0.15) is 17.7 Å². The van der Waals surface area contributed by atoms with Crippen molar-refractivity contribution in [1.29, 1.82) is 0 Å². The van der Waals surface area contributed by atoms with E-state index in [1.54, 1.807) is 29.3 Å². The number of rotatable bonds is 4. The summed E-state index contributed by atoms with van der Waals surface area (Å²) in [7, 11) is 0. The lowest BCUT2D eigenvalue weighted by molar-refractivity contribution is -0.582. The number of hydrogen-bond acceptors (Lipinski definition) is 2. The summed E-state index contributed by atoms with van der Waals surface area (Å²) in [5.74, 6) is 0.479. The molecular weight excluding hydrogens is 524 g/mol. The van der Waals surface area contributed by atoms with E-state index in [0.717, 1.165) is 23.4 Å². The van der Waals surface area contributed by atoms with Gasteiger partial charge in [0, 0.05) is 36.9 Å². The molecule has 0 bridgehead atoms. The van der Waals surface area contributed by atoms with E-state index in [0.29, 0.717) is 53.4 Å². The van der Waals surface area contributed by atoms with Crippen molar-refractivity contribution in [3.8, 4) is 17.1 Å². The van der Waals surface area contributed by atoms with E-state index < -0.39 is 11.7 Å². The van der Waals surface area contributed by atoms with E-state index in [-0.39, 0.29) is 5.91 Å². The Balaban J connectivity index is 1.37. The second kappa shape index (κ2) is 10.1. The average Bonchev–Trinajstić information content (AvgIpc) is 3.34. The molecule has 0 spiro atoms. The van der Waals surface area contributed by atoms with Gasteiger partial charge in [0.1, 0.15) is 11.9 Å². The molecule has 1 saturated heterocycles. The highest BCUT2D eigenvalue weighted by molar-refractivity contribution is 6.33. The van der Waals surface area contributed by atoms with Crippen LogP contribution in [0.5, 0.6) is 0 Å². The minimum atomic E-state index is -4.37. The predicted octanol–water partition coefficient (Wildman–Crippen LogP) is 6.25. The molecule has 1 aromatic heterocycles. The summed E-state index contributed by atoms with van der Waals surface area (Å²) >= 11 is 12.5. The van der Waals surface area contributed by atoms with Gasteiger partial charge in [0.2, 0.25) is 5.69 Å². The molecule has 37 heavy (non-hydrogen) atoms. The molecule has 5 nitrogen and oxygen atoms in total. The number of imidazole rings is 1. The van der Waals surface area contributed by atoms with Crippen LogP contribution in [-0.2, 0) is 6.18 Å². The number of piperazine rings is 1. The van der Waals surface area contributed by atoms with Crippen molar-refractivity contribution in [3.63, 3.8) is 0 Å². The van der Waals surface area contributed by atoms with E-state index in [4.69, 9.17) is 23.2 Å². The van der Waals surface area contributed by atoms with Gasteiger partial charge in [0.05, 0.1) is 16.1 Å². The van der Waals surface area contributed by atoms with E-state index >= 15 is 0 Å². The van der Waals surface area contributed by atoms with E-state index in [2.05, 4.69) is 4.98 Å². The van der Waals surface area contributed by atoms with Gasteiger partial charge >= 0.3 is 6.18 Å². The molecule has 0 unspecified atom stereocenters. The molecule has 1 aliphatic heterocycles. The van der Waals surface area contributed by atoms with Crippen molar-refractivity contribution in [2.24, 2.45) is 0 Å². The maximum absolute atomic E-state index is 13.4. The molecule has 0 saturated carbocycles. The summed E-state index contributed by atoms with van der Waals surface area (Å²) in [5, 5.41) is 1.14.